The number of oxime groups is 1. The summed E-state index contributed by atoms with van der Waals surface area (Å²) in [5.74, 6) is 1.68. The second-order valence-corrected chi connectivity index (χ2v) is 8.64. The van der Waals surface area contributed by atoms with Crippen LogP contribution in [0.4, 0.5) is 0 Å². The molecule has 0 atom stereocenters. The molecular formula is C23H26N2O8S. The first-order chi connectivity index (χ1) is 16.3. The van der Waals surface area contributed by atoms with Gasteiger partial charge in [0.1, 0.15) is 18.0 Å². The van der Waals surface area contributed by atoms with Gasteiger partial charge in [0.2, 0.25) is 0 Å². The van der Waals surface area contributed by atoms with Crippen molar-refractivity contribution >= 4 is 26.6 Å². The summed E-state index contributed by atoms with van der Waals surface area (Å²) < 4.78 is 52.5. The molecule has 0 saturated heterocycles. The molecule has 0 unspecified atom stereocenters. The van der Waals surface area contributed by atoms with E-state index in [1.165, 1.54) is 14.2 Å². The fourth-order valence-corrected chi connectivity index (χ4v) is 3.80. The van der Waals surface area contributed by atoms with Gasteiger partial charge in [-0.15, -0.1) is 0 Å². The number of ether oxygens (including phenoxy) is 4. The number of benzene rings is 2. The van der Waals surface area contributed by atoms with Gasteiger partial charge in [-0.3, -0.25) is 9.54 Å². The average molecular weight is 491 g/mol. The largest absolute Gasteiger partial charge is 0.493 e. The minimum atomic E-state index is -4.09. The van der Waals surface area contributed by atoms with Gasteiger partial charge >= 0.3 is 0 Å². The lowest BCUT2D eigenvalue weighted by Crippen LogP contribution is -2.10. The average Bonchev–Trinajstić information content (AvgIpc) is 2.84. The van der Waals surface area contributed by atoms with Crippen molar-refractivity contribution in [1.82, 2.24) is 4.98 Å². The molecule has 2 aromatic carbocycles. The lowest BCUT2D eigenvalue weighted by Gasteiger charge is -2.14. The summed E-state index contributed by atoms with van der Waals surface area (Å²) in [7, 11) is 2.08. The highest BCUT2D eigenvalue weighted by Crippen LogP contribution is 2.35. The van der Waals surface area contributed by atoms with Gasteiger partial charge in [-0.05, 0) is 41.8 Å². The van der Waals surface area contributed by atoms with Gasteiger partial charge in [0.05, 0.1) is 34.2 Å². The second kappa shape index (κ2) is 11.0. The Bertz CT molecular complexity index is 1290. The molecule has 11 heteroatoms. The summed E-state index contributed by atoms with van der Waals surface area (Å²) >= 11 is 0. The van der Waals surface area contributed by atoms with E-state index in [2.05, 4.69) is 10.1 Å². The number of methoxy groups -OCH3 is 4. The highest BCUT2D eigenvalue weighted by molar-refractivity contribution is 7.85. The van der Waals surface area contributed by atoms with Gasteiger partial charge in [0.25, 0.3) is 10.1 Å². The fourth-order valence-electron chi connectivity index (χ4n) is 3.32. The normalized spacial score (nSPS) is 11.9. The molecule has 0 aliphatic carbocycles. The summed E-state index contributed by atoms with van der Waals surface area (Å²) in [6.45, 7) is -0.0293. The Hall–Kier alpha value is -3.57. The number of pyridine rings is 1. The zero-order valence-electron chi connectivity index (χ0n) is 19.3. The maximum atomic E-state index is 11.0. The molecule has 0 saturated carbocycles. The Kier molecular flexibility index (Phi) is 8.13. The molecule has 0 aliphatic heterocycles. The molecule has 10 nitrogen and oxygen atoms in total. The fraction of sp³-hybridized carbons (Fsp3) is 0.304. The maximum Gasteiger partial charge on any atom is 0.264 e. The summed E-state index contributed by atoms with van der Waals surface area (Å²) in [5.41, 5.74) is 1.51. The Morgan fingerprint density at radius 1 is 0.912 bits per heavy atom. The van der Waals surface area contributed by atoms with Crippen molar-refractivity contribution in [2.45, 2.75) is 6.42 Å². The molecule has 0 bridgehead atoms. The minimum absolute atomic E-state index is 0.0293. The van der Waals surface area contributed by atoms with Crippen molar-refractivity contribution in [2.75, 3.05) is 40.8 Å². The van der Waals surface area contributed by atoms with Gasteiger partial charge in [-0.2, -0.15) is 8.42 Å². The summed E-state index contributed by atoms with van der Waals surface area (Å²) in [6.07, 6.45) is 1.70. The Balaban J connectivity index is 2.12. The lowest BCUT2D eigenvalue weighted by atomic mass is 10.0. The van der Waals surface area contributed by atoms with Gasteiger partial charge in [-0.25, -0.2) is 0 Å². The molecule has 182 valence electrons. The molecule has 0 radical (unpaired) electrons. The van der Waals surface area contributed by atoms with Crippen LogP contribution in [0, 0.1) is 0 Å². The molecule has 1 N–H and O–H groups in total. The molecule has 34 heavy (non-hydrogen) atoms. The zero-order chi connectivity index (χ0) is 24.7. The molecule has 0 aliphatic rings. The van der Waals surface area contributed by atoms with Crippen LogP contribution in [0.15, 0.2) is 47.8 Å². The van der Waals surface area contributed by atoms with E-state index in [1.54, 1.807) is 44.7 Å². The van der Waals surface area contributed by atoms with Crippen LogP contribution in [0.3, 0.4) is 0 Å². The van der Waals surface area contributed by atoms with Gasteiger partial charge in [0.15, 0.2) is 23.0 Å². The summed E-state index contributed by atoms with van der Waals surface area (Å²) in [5, 5.41) is 5.84. The quantitative estimate of drug-likeness (QED) is 0.186. The van der Waals surface area contributed by atoms with Crippen LogP contribution in [0.5, 0.6) is 23.0 Å². The number of rotatable bonds is 11. The van der Waals surface area contributed by atoms with E-state index in [1.807, 2.05) is 12.1 Å². The number of aromatic nitrogens is 1. The van der Waals surface area contributed by atoms with Crippen molar-refractivity contribution in [3.05, 3.63) is 53.9 Å². The predicted octanol–water partition coefficient (Wildman–Crippen LogP) is 3.32. The third-order valence-electron chi connectivity index (χ3n) is 4.94. The van der Waals surface area contributed by atoms with Crippen LogP contribution in [-0.4, -0.2) is 64.5 Å². The van der Waals surface area contributed by atoms with Crippen molar-refractivity contribution in [3.8, 4) is 23.0 Å². The van der Waals surface area contributed by atoms with Gasteiger partial charge < -0.3 is 23.8 Å². The van der Waals surface area contributed by atoms with Gasteiger partial charge in [-0.1, -0.05) is 5.16 Å². The molecule has 1 aromatic heterocycles. The van der Waals surface area contributed by atoms with Crippen LogP contribution < -0.4 is 18.9 Å². The van der Waals surface area contributed by atoms with Crippen LogP contribution >= 0.6 is 0 Å². The first-order valence-corrected chi connectivity index (χ1v) is 11.8. The number of hydrogen-bond donors (Lipinski definition) is 1. The van der Waals surface area contributed by atoms with E-state index < -0.39 is 15.9 Å². The summed E-state index contributed by atoms with van der Waals surface area (Å²) in [4.78, 5) is 9.96. The standard InChI is InChI=1S/C23H26N2O8S/c1-29-18-7-6-16(13-19(18)30-2)22(25-33-10-5-11-34(26,27)28)23-17-14-21(32-4)20(31-3)12-15(17)8-9-24-23/h6-9,12-14H,5,10-11H2,1-4H3,(H,26,27,28)/b25-22+. The maximum absolute atomic E-state index is 11.0. The third-order valence-corrected chi connectivity index (χ3v) is 5.75. The van der Waals surface area contributed by atoms with Gasteiger partial charge in [0, 0.05) is 23.6 Å². The van der Waals surface area contributed by atoms with E-state index in [9.17, 15) is 8.42 Å². The second-order valence-electron chi connectivity index (χ2n) is 7.07. The van der Waals surface area contributed by atoms with E-state index in [-0.39, 0.29) is 13.0 Å². The van der Waals surface area contributed by atoms with Crippen molar-refractivity contribution in [1.29, 1.82) is 0 Å². The lowest BCUT2D eigenvalue weighted by molar-refractivity contribution is 0.145. The SMILES string of the molecule is COc1ccc(/C(=N\OCCCS(=O)(=O)O)c2nccc3cc(OC)c(OC)cc23)cc1OC. The molecule has 1 heterocycles. The molecule has 0 spiro atoms. The van der Waals surface area contributed by atoms with E-state index >= 15 is 0 Å². The molecule has 0 amide bonds. The molecule has 3 rings (SSSR count). The van der Waals surface area contributed by atoms with E-state index in [0.29, 0.717) is 40.0 Å². The monoisotopic (exact) mass is 490 g/mol. The van der Waals surface area contributed by atoms with Crippen molar-refractivity contribution in [2.24, 2.45) is 5.16 Å². The van der Waals surface area contributed by atoms with Crippen LogP contribution in [-0.2, 0) is 15.0 Å². The number of fused-ring (bicyclic) bond motifs is 1. The zero-order valence-corrected chi connectivity index (χ0v) is 20.1. The first kappa shape index (κ1) is 25.1. The molecule has 0 fully saturated rings. The highest BCUT2D eigenvalue weighted by atomic mass is 32.2. The number of hydrogen-bond acceptors (Lipinski definition) is 9. The third kappa shape index (κ3) is 5.86. The molecule has 3 aromatic rings. The minimum Gasteiger partial charge on any atom is -0.493 e. The van der Waals surface area contributed by atoms with Crippen LogP contribution in [0.2, 0.25) is 0 Å². The predicted molar refractivity (Wildman–Crippen MR) is 127 cm³/mol. The van der Waals surface area contributed by atoms with E-state index in [4.69, 9.17) is 28.3 Å². The smallest absolute Gasteiger partial charge is 0.264 e. The Morgan fingerprint density at radius 2 is 1.56 bits per heavy atom. The number of nitrogens with zero attached hydrogens (tertiary/aromatic N) is 2. The summed E-state index contributed by atoms with van der Waals surface area (Å²) in [6, 6.07) is 10.7. The highest BCUT2D eigenvalue weighted by Gasteiger charge is 2.18. The Morgan fingerprint density at radius 3 is 2.21 bits per heavy atom. The first-order valence-electron chi connectivity index (χ1n) is 10.2. The van der Waals surface area contributed by atoms with Crippen molar-refractivity contribution in [3.63, 3.8) is 0 Å². The topological polar surface area (TPSA) is 126 Å². The van der Waals surface area contributed by atoms with Crippen LogP contribution in [0.25, 0.3) is 10.8 Å². The Labute approximate surface area is 197 Å². The van der Waals surface area contributed by atoms with Crippen molar-refractivity contribution < 1.29 is 36.8 Å². The molecular weight excluding hydrogens is 464 g/mol. The van der Waals surface area contributed by atoms with E-state index in [0.717, 1.165) is 10.8 Å². The van der Waals surface area contributed by atoms with Crippen LogP contribution in [0.1, 0.15) is 17.7 Å².